The van der Waals surface area contributed by atoms with Crippen molar-refractivity contribution < 1.29 is 4.79 Å². The van der Waals surface area contributed by atoms with Gasteiger partial charge in [-0.25, -0.2) is 0 Å². The summed E-state index contributed by atoms with van der Waals surface area (Å²) in [4.78, 5) is 12.1. The Bertz CT molecular complexity index is 432. The zero-order valence-electron chi connectivity index (χ0n) is 11.9. The van der Waals surface area contributed by atoms with Crippen LogP contribution in [0, 0.1) is 5.92 Å². The van der Waals surface area contributed by atoms with Crippen molar-refractivity contribution in [1.29, 1.82) is 0 Å². The first-order valence-electron chi connectivity index (χ1n) is 6.76. The number of benzene rings is 1. The first kappa shape index (κ1) is 16.0. The summed E-state index contributed by atoms with van der Waals surface area (Å²) in [5.74, 6) is 0.641. The summed E-state index contributed by atoms with van der Waals surface area (Å²) in [5, 5.41) is 3.01. The smallest absolute Gasteiger partial charge is 0.252 e. The van der Waals surface area contributed by atoms with E-state index in [1.165, 1.54) is 6.42 Å². The molecule has 0 aliphatic carbocycles. The lowest BCUT2D eigenvalue weighted by Crippen LogP contribution is -2.32. The van der Waals surface area contributed by atoms with Gasteiger partial charge in [0.2, 0.25) is 0 Å². The van der Waals surface area contributed by atoms with Crippen LogP contribution in [0.15, 0.2) is 22.7 Å². The summed E-state index contributed by atoms with van der Waals surface area (Å²) < 4.78 is 0.772. The number of hydrogen-bond acceptors (Lipinski definition) is 2. The van der Waals surface area contributed by atoms with Crippen molar-refractivity contribution in [2.45, 2.75) is 46.1 Å². The lowest BCUT2D eigenvalue weighted by molar-refractivity contribution is 0.0937. The molecule has 106 valence electrons. The van der Waals surface area contributed by atoms with E-state index in [2.05, 4.69) is 35.1 Å². The van der Waals surface area contributed by atoms with Crippen molar-refractivity contribution in [2.24, 2.45) is 5.92 Å². The molecule has 19 heavy (non-hydrogen) atoms. The molecule has 0 aliphatic heterocycles. The highest BCUT2D eigenvalue weighted by molar-refractivity contribution is 9.10. The molecule has 0 heterocycles. The summed E-state index contributed by atoms with van der Waals surface area (Å²) in [6, 6.07) is 5.44. The zero-order chi connectivity index (χ0) is 14.4. The molecule has 1 aromatic rings. The van der Waals surface area contributed by atoms with E-state index in [4.69, 9.17) is 5.73 Å². The van der Waals surface area contributed by atoms with Crippen LogP contribution in [0.2, 0.25) is 0 Å². The second-order valence-electron chi connectivity index (χ2n) is 5.44. The predicted molar refractivity (Wildman–Crippen MR) is 84.2 cm³/mol. The first-order chi connectivity index (χ1) is 8.90. The molecular formula is C15H23BrN2O. The largest absolute Gasteiger partial charge is 0.399 e. The van der Waals surface area contributed by atoms with E-state index in [1.54, 1.807) is 18.2 Å². The van der Waals surface area contributed by atoms with E-state index in [1.807, 2.05) is 6.92 Å². The molecule has 1 unspecified atom stereocenters. The average Bonchev–Trinajstić information content (AvgIpc) is 2.31. The molecule has 0 aromatic heterocycles. The van der Waals surface area contributed by atoms with Crippen LogP contribution in [0.3, 0.4) is 0 Å². The zero-order valence-corrected chi connectivity index (χ0v) is 13.5. The highest BCUT2D eigenvalue weighted by atomic mass is 79.9. The van der Waals surface area contributed by atoms with E-state index in [0.717, 1.165) is 17.3 Å². The minimum atomic E-state index is -0.0729. The van der Waals surface area contributed by atoms with Gasteiger partial charge in [0.15, 0.2) is 0 Å². The van der Waals surface area contributed by atoms with Crippen molar-refractivity contribution in [3.63, 3.8) is 0 Å². The maximum atomic E-state index is 12.1. The van der Waals surface area contributed by atoms with Crippen LogP contribution in [-0.2, 0) is 0 Å². The monoisotopic (exact) mass is 326 g/mol. The molecule has 1 rings (SSSR count). The Labute approximate surface area is 124 Å². The van der Waals surface area contributed by atoms with Gasteiger partial charge in [-0.15, -0.1) is 0 Å². The molecule has 0 aliphatic rings. The summed E-state index contributed by atoms with van der Waals surface area (Å²) in [6.45, 7) is 6.47. The van der Waals surface area contributed by atoms with Gasteiger partial charge in [-0.1, -0.05) is 26.7 Å². The summed E-state index contributed by atoms with van der Waals surface area (Å²) >= 11 is 3.38. The third-order valence-electron chi connectivity index (χ3n) is 3.03. The van der Waals surface area contributed by atoms with E-state index < -0.39 is 0 Å². The fourth-order valence-corrected chi connectivity index (χ4v) is 2.35. The first-order valence-corrected chi connectivity index (χ1v) is 7.55. The highest BCUT2D eigenvalue weighted by Crippen LogP contribution is 2.19. The number of nitrogens with one attached hydrogen (secondary N) is 1. The summed E-state index contributed by atoms with van der Waals surface area (Å²) in [7, 11) is 0. The normalized spacial score (nSPS) is 12.5. The van der Waals surface area contributed by atoms with Crippen LogP contribution in [-0.4, -0.2) is 11.9 Å². The number of halogens is 1. The van der Waals surface area contributed by atoms with Crippen molar-refractivity contribution >= 4 is 27.5 Å². The van der Waals surface area contributed by atoms with Gasteiger partial charge in [0.25, 0.3) is 5.91 Å². The maximum absolute atomic E-state index is 12.1. The van der Waals surface area contributed by atoms with Gasteiger partial charge in [0.05, 0.1) is 5.56 Å². The number of carbonyl (C=O) groups is 1. The van der Waals surface area contributed by atoms with Crippen LogP contribution in [0.5, 0.6) is 0 Å². The number of anilines is 1. The molecule has 0 bridgehead atoms. The number of nitrogen functional groups attached to an aromatic ring is 1. The third-order valence-corrected chi connectivity index (χ3v) is 3.72. The van der Waals surface area contributed by atoms with Crippen molar-refractivity contribution in [3.05, 3.63) is 28.2 Å². The molecule has 1 amide bonds. The second-order valence-corrected chi connectivity index (χ2v) is 6.29. The molecule has 1 atom stereocenters. The van der Waals surface area contributed by atoms with Crippen LogP contribution in [0.4, 0.5) is 5.69 Å². The second kappa shape index (κ2) is 7.53. The Hall–Kier alpha value is -1.03. The quantitative estimate of drug-likeness (QED) is 0.777. The SMILES string of the molecule is CC(C)CCCC(C)NC(=O)c1cc(N)ccc1Br. The Morgan fingerprint density at radius 1 is 1.32 bits per heavy atom. The number of rotatable bonds is 6. The standard InChI is InChI=1S/C15H23BrN2O/c1-10(2)5-4-6-11(3)18-15(19)13-9-12(17)7-8-14(13)16/h7-11H,4-6,17H2,1-3H3,(H,18,19). The van der Waals surface area contributed by atoms with Crippen LogP contribution < -0.4 is 11.1 Å². The fourth-order valence-electron chi connectivity index (χ4n) is 1.92. The molecule has 0 saturated carbocycles. The van der Waals surface area contributed by atoms with Gasteiger partial charge in [-0.3, -0.25) is 4.79 Å². The number of carbonyl (C=O) groups excluding carboxylic acids is 1. The third kappa shape index (κ3) is 5.64. The molecule has 0 saturated heterocycles. The van der Waals surface area contributed by atoms with Gasteiger partial charge in [0.1, 0.15) is 0 Å². The molecule has 3 nitrogen and oxygen atoms in total. The Balaban J connectivity index is 2.52. The molecule has 0 radical (unpaired) electrons. The Morgan fingerprint density at radius 3 is 2.63 bits per heavy atom. The van der Waals surface area contributed by atoms with Crippen molar-refractivity contribution in [2.75, 3.05) is 5.73 Å². The van der Waals surface area contributed by atoms with E-state index >= 15 is 0 Å². The topological polar surface area (TPSA) is 55.1 Å². The van der Waals surface area contributed by atoms with E-state index in [9.17, 15) is 4.79 Å². The fraction of sp³-hybridized carbons (Fsp3) is 0.533. The number of amides is 1. The number of hydrogen-bond donors (Lipinski definition) is 2. The lowest BCUT2D eigenvalue weighted by Gasteiger charge is -2.15. The summed E-state index contributed by atoms with van der Waals surface area (Å²) in [5.41, 5.74) is 6.90. The van der Waals surface area contributed by atoms with Gasteiger partial charge in [-0.2, -0.15) is 0 Å². The van der Waals surface area contributed by atoms with Crippen LogP contribution in [0.25, 0.3) is 0 Å². The minimum absolute atomic E-state index is 0.0729. The highest BCUT2D eigenvalue weighted by Gasteiger charge is 2.13. The lowest BCUT2D eigenvalue weighted by atomic mass is 10.0. The van der Waals surface area contributed by atoms with Gasteiger partial charge in [0, 0.05) is 16.2 Å². The van der Waals surface area contributed by atoms with Crippen LogP contribution >= 0.6 is 15.9 Å². The molecule has 0 spiro atoms. The van der Waals surface area contributed by atoms with Crippen LogP contribution in [0.1, 0.15) is 50.4 Å². The molecular weight excluding hydrogens is 304 g/mol. The van der Waals surface area contributed by atoms with Gasteiger partial charge in [-0.05, 0) is 53.4 Å². The Kier molecular flexibility index (Phi) is 6.35. The summed E-state index contributed by atoms with van der Waals surface area (Å²) in [6.07, 6.45) is 3.34. The molecule has 0 fully saturated rings. The van der Waals surface area contributed by atoms with Gasteiger partial charge >= 0.3 is 0 Å². The molecule has 3 N–H and O–H groups in total. The number of nitrogens with two attached hydrogens (primary N) is 1. The maximum Gasteiger partial charge on any atom is 0.252 e. The van der Waals surface area contributed by atoms with Crippen molar-refractivity contribution in [3.8, 4) is 0 Å². The van der Waals surface area contributed by atoms with E-state index in [-0.39, 0.29) is 11.9 Å². The van der Waals surface area contributed by atoms with Crippen molar-refractivity contribution in [1.82, 2.24) is 5.32 Å². The van der Waals surface area contributed by atoms with Gasteiger partial charge < -0.3 is 11.1 Å². The van der Waals surface area contributed by atoms with E-state index in [0.29, 0.717) is 17.2 Å². The minimum Gasteiger partial charge on any atom is -0.399 e. The average molecular weight is 327 g/mol. The Morgan fingerprint density at radius 2 is 2.00 bits per heavy atom. The molecule has 1 aromatic carbocycles. The predicted octanol–water partition coefficient (Wildman–Crippen LogP) is 3.98. The molecule has 4 heteroatoms.